The van der Waals surface area contributed by atoms with Crippen LogP contribution in [-0.2, 0) is 13.1 Å². The van der Waals surface area contributed by atoms with Gasteiger partial charge in [0.15, 0.2) is 18.6 Å². The zero-order valence-electron chi connectivity index (χ0n) is 29.8. The number of anilines is 4. The first-order chi connectivity index (χ1) is 25.1. The molecule has 0 amide bonds. The van der Waals surface area contributed by atoms with Crippen LogP contribution in [0.4, 0.5) is 22.7 Å². The van der Waals surface area contributed by atoms with Crippen molar-refractivity contribution in [3.63, 3.8) is 0 Å². The summed E-state index contributed by atoms with van der Waals surface area (Å²) in [6.07, 6.45) is 15.0. The Kier molecular flexibility index (Phi) is 12.0. The molecule has 51 heavy (non-hydrogen) atoms. The fourth-order valence-corrected chi connectivity index (χ4v) is 5.93. The predicted octanol–water partition coefficient (Wildman–Crippen LogP) is 8.37. The number of unbranched alkanes of at least 4 members (excludes halogenated alkanes) is 3. The number of hydrogen-bond acceptors (Lipinski definition) is 6. The average Bonchev–Trinajstić information content (AvgIpc) is 3.19. The van der Waals surface area contributed by atoms with Gasteiger partial charge in [-0.05, 0) is 79.6 Å². The molecule has 0 bridgehead atoms. The zero-order chi connectivity index (χ0) is 35.3. The first-order valence-electron chi connectivity index (χ1n) is 17.6. The normalized spacial score (nSPS) is 11.4. The largest absolute Gasteiger partial charge is 0.497 e. The lowest BCUT2D eigenvalue weighted by atomic mass is 10.1. The van der Waals surface area contributed by atoms with Crippen molar-refractivity contribution >= 4 is 46.1 Å². The minimum absolute atomic E-state index is 0.841. The molecule has 6 rings (SSSR count). The second kappa shape index (κ2) is 17.6. The highest BCUT2D eigenvalue weighted by Crippen LogP contribution is 2.23. The van der Waals surface area contributed by atoms with Gasteiger partial charge in [-0.2, -0.15) is 14.8 Å². The van der Waals surface area contributed by atoms with Crippen molar-refractivity contribution in [3.8, 4) is 5.75 Å². The van der Waals surface area contributed by atoms with E-state index < -0.39 is 0 Å². The Bertz CT molecular complexity index is 2030. The second-order valence-corrected chi connectivity index (χ2v) is 12.5. The number of hydrogen-bond donors (Lipinski definition) is 1. The standard InChI is InChI=1S/C43H47N7O/c1-47(39-13-7-6-8-14-39)45-34-36-27-32-50(43-16-10-9-15-42(36)43)29-12-5-4-11-28-49-30-25-35(26-31-49)33-44-48(2)40-21-17-37(18-22-40)46-38-19-23-41(51-3)24-20-38/h6-10,13-27,30-34,46H,4-5,11-12,28-29H2,1-3H3/q+2. The molecule has 0 spiro atoms. The van der Waals surface area contributed by atoms with Gasteiger partial charge in [0.25, 0.3) is 0 Å². The molecular weight excluding hydrogens is 631 g/mol. The molecule has 8 heteroatoms. The van der Waals surface area contributed by atoms with E-state index in [1.807, 2.05) is 79.0 Å². The maximum absolute atomic E-state index is 5.24. The number of aromatic nitrogens is 2. The molecule has 258 valence electrons. The molecule has 0 saturated carbocycles. The van der Waals surface area contributed by atoms with E-state index in [4.69, 9.17) is 9.84 Å². The summed E-state index contributed by atoms with van der Waals surface area (Å²) >= 11 is 0. The number of pyridine rings is 2. The lowest BCUT2D eigenvalue weighted by Crippen LogP contribution is -2.34. The quantitative estimate of drug-likeness (QED) is 0.0484. The Morgan fingerprint density at radius 3 is 1.92 bits per heavy atom. The Hall–Kier alpha value is -6.02. The van der Waals surface area contributed by atoms with Gasteiger partial charge in [-0.3, -0.25) is 10.0 Å². The molecule has 1 N–H and O–H groups in total. The van der Waals surface area contributed by atoms with Crippen LogP contribution in [0.15, 0.2) is 150 Å². The third kappa shape index (κ3) is 9.79. The number of aryl methyl sites for hydroxylation is 2. The maximum atomic E-state index is 5.24. The number of nitrogens with zero attached hydrogens (tertiary/aromatic N) is 6. The van der Waals surface area contributed by atoms with Crippen molar-refractivity contribution in [1.29, 1.82) is 0 Å². The monoisotopic (exact) mass is 677 g/mol. The van der Waals surface area contributed by atoms with Gasteiger partial charge >= 0.3 is 0 Å². The molecule has 0 atom stereocenters. The second-order valence-electron chi connectivity index (χ2n) is 12.5. The zero-order valence-corrected chi connectivity index (χ0v) is 29.8. The van der Waals surface area contributed by atoms with Crippen LogP contribution in [0.3, 0.4) is 0 Å². The first kappa shape index (κ1) is 34.8. The molecular formula is C43H47N7O+2. The van der Waals surface area contributed by atoms with Crippen LogP contribution in [0, 0.1) is 0 Å². The molecule has 0 aliphatic rings. The van der Waals surface area contributed by atoms with Crippen molar-refractivity contribution < 1.29 is 13.9 Å². The number of ether oxygens (including phenoxy) is 1. The van der Waals surface area contributed by atoms with E-state index >= 15 is 0 Å². The molecule has 0 unspecified atom stereocenters. The molecule has 0 aliphatic heterocycles. The highest BCUT2D eigenvalue weighted by Gasteiger charge is 2.12. The third-order valence-corrected chi connectivity index (χ3v) is 8.94. The van der Waals surface area contributed by atoms with E-state index in [1.165, 1.54) is 23.7 Å². The highest BCUT2D eigenvalue weighted by molar-refractivity contribution is 5.97. The smallest absolute Gasteiger partial charge is 0.213 e. The van der Waals surface area contributed by atoms with Gasteiger partial charge in [0.1, 0.15) is 18.8 Å². The summed E-state index contributed by atoms with van der Waals surface area (Å²) in [5.41, 5.74) is 7.53. The summed E-state index contributed by atoms with van der Waals surface area (Å²) in [6, 6.07) is 41.3. The summed E-state index contributed by atoms with van der Waals surface area (Å²) in [5.74, 6) is 0.841. The molecule has 0 aliphatic carbocycles. The number of hydrazone groups is 2. The van der Waals surface area contributed by atoms with E-state index in [1.54, 1.807) is 7.11 Å². The van der Waals surface area contributed by atoms with Crippen LogP contribution < -0.4 is 29.2 Å². The highest BCUT2D eigenvalue weighted by atomic mass is 16.5. The SMILES string of the molecule is COc1ccc(Nc2ccc(N(C)N=Cc3cc[n+](CCCCCC[n+]4ccc(C=NN(C)c5ccccc5)c5ccccc54)cc3)cc2)cc1. The van der Waals surface area contributed by atoms with Crippen molar-refractivity contribution in [2.24, 2.45) is 10.2 Å². The van der Waals surface area contributed by atoms with Gasteiger partial charge in [0.05, 0.1) is 36.3 Å². The number of rotatable bonds is 16. The van der Waals surface area contributed by atoms with E-state index in [-0.39, 0.29) is 0 Å². The molecule has 0 fully saturated rings. The lowest BCUT2D eigenvalue weighted by molar-refractivity contribution is -0.697. The Balaban J connectivity index is 0.923. The van der Waals surface area contributed by atoms with Gasteiger partial charge in [-0.15, -0.1) is 0 Å². The van der Waals surface area contributed by atoms with Crippen LogP contribution in [0.2, 0.25) is 0 Å². The fraction of sp³-hybridized carbons (Fsp3) is 0.209. The van der Waals surface area contributed by atoms with Crippen LogP contribution >= 0.6 is 0 Å². The first-order valence-corrected chi connectivity index (χ1v) is 17.6. The van der Waals surface area contributed by atoms with Gasteiger partial charge in [-0.25, -0.2) is 4.57 Å². The number of para-hydroxylation sites is 2. The van der Waals surface area contributed by atoms with Crippen molar-refractivity contribution in [3.05, 3.63) is 151 Å². The van der Waals surface area contributed by atoms with E-state index in [0.29, 0.717) is 0 Å². The van der Waals surface area contributed by atoms with Gasteiger partial charge in [0, 0.05) is 73.7 Å². The summed E-state index contributed by atoms with van der Waals surface area (Å²) < 4.78 is 9.87. The molecule has 0 radical (unpaired) electrons. The topological polar surface area (TPSA) is 60.2 Å². The summed E-state index contributed by atoms with van der Waals surface area (Å²) in [6.45, 7) is 2.01. The number of fused-ring (bicyclic) bond motifs is 1. The van der Waals surface area contributed by atoms with Gasteiger partial charge < -0.3 is 10.1 Å². The molecule has 4 aromatic carbocycles. The minimum Gasteiger partial charge on any atom is -0.497 e. The van der Waals surface area contributed by atoms with Crippen molar-refractivity contribution in [2.45, 2.75) is 38.8 Å². The lowest BCUT2D eigenvalue weighted by Gasteiger charge is -2.14. The number of benzene rings is 4. The van der Waals surface area contributed by atoms with Crippen LogP contribution in [0.5, 0.6) is 5.75 Å². The van der Waals surface area contributed by atoms with Gasteiger partial charge in [0.2, 0.25) is 5.52 Å². The van der Waals surface area contributed by atoms with Crippen LogP contribution in [0.1, 0.15) is 36.8 Å². The predicted molar refractivity (Wildman–Crippen MR) is 210 cm³/mol. The Morgan fingerprint density at radius 2 is 1.22 bits per heavy atom. The molecule has 8 nitrogen and oxygen atoms in total. The summed E-state index contributed by atoms with van der Waals surface area (Å²) in [5, 5.41) is 17.8. The Labute approximate surface area is 301 Å². The molecule has 2 heterocycles. The van der Waals surface area contributed by atoms with Gasteiger partial charge in [-0.1, -0.05) is 30.3 Å². The number of nitrogens with one attached hydrogen (secondary N) is 1. The molecule has 2 aromatic heterocycles. The summed E-state index contributed by atoms with van der Waals surface area (Å²) in [7, 11) is 5.61. The Morgan fingerprint density at radius 1 is 0.608 bits per heavy atom. The maximum Gasteiger partial charge on any atom is 0.213 e. The fourth-order valence-electron chi connectivity index (χ4n) is 5.93. The molecule has 0 saturated heterocycles. The minimum atomic E-state index is 0.841. The van der Waals surface area contributed by atoms with E-state index in [9.17, 15) is 0 Å². The number of methoxy groups -OCH3 is 1. The van der Waals surface area contributed by atoms with Crippen LogP contribution in [0.25, 0.3) is 10.9 Å². The third-order valence-electron chi connectivity index (χ3n) is 8.94. The van der Waals surface area contributed by atoms with Crippen molar-refractivity contribution in [2.75, 3.05) is 36.5 Å². The van der Waals surface area contributed by atoms with E-state index in [0.717, 1.165) is 65.6 Å². The van der Waals surface area contributed by atoms with Crippen LogP contribution in [-0.4, -0.2) is 33.6 Å². The summed E-state index contributed by atoms with van der Waals surface area (Å²) in [4.78, 5) is 0. The van der Waals surface area contributed by atoms with E-state index in [2.05, 4.69) is 117 Å². The average molecular weight is 678 g/mol. The van der Waals surface area contributed by atoms with Crippen molar-refractivity contribution in [1.82, 2.24) is 0 Å². The molecule has 6 aromatic rings.